The molecule has 0 bridgehead atoms. The van der Waals surface area contributed by atoms with E-state index >= 15 is 0 Å². The molecular weight excluding hydrogens is 571 g/mol. The average Bonchev–Trinajstić information content (AvgIpc) is 2.88. The van der Waals surface area contributed by atoms with Crippen molar-refractivity contribution in [1.82, 2.24) is 4.98 Å². The highest BCUT2D eigenvalue weighted by Crippen LogP contribution is 2.34. The molecule has 5 nitrogen and oxygen atoms in total. The number of aryl methyl sites for hydroxylation is 1. The van der Waals surface area contributed by atoms with Gasteiger partial charge in [0.2, 0.25) is 0 Å². The number of hydrogen-bond acceptors (Lipinski definition) is 4. The van der Waals surface area contributed by atoms with Crippen molar-refractivity contribution in [2.45, 2.75) is 57.7 Å². The van der Waals surface area contributed by atoms with Gasteiger partial charge in [0.05, 0.1) is 16.7 Å². The van der Waals surface area contributed by atoms with Gasteiger partial charge in [0.15, 0.2) is 5.78 Å². The van der Waals surface area contributed by atoms with Gasteiger partial charge in [0.25, 0.3) is 5.91 Å². The molecule has 0 aliphatic carbocycles. The highest BCUT2D eigenvalue weighted by atomic mass is 35.5. The zero-order chi connectivity index (χ0) is 29.6. The molecule has 11 heteroatoms. The summed E-state index contributed by atoms with van der Waals surface area (Å²) < 4.78 is 53.9. The number of carbonyl (C=O) groups is 2. The zero-order valence-electron chi connectivity index (χ0n) is 21.9. The third kappa shape index (κ3) is 8.25. The molecule has 0 radical (unpaired) electrons. The first-order chi connectivity index (χ1) is 18.8. The molecule has 0 aliphatic rings. The molecule has 3 aromatic rings. The van der Waals surface area contributed by atoms with Crippen LogP contribution in [-0.4, -0.2) is 41.1 Å². The Morgan fingerprint density at radius 3 is 2.45 bits per heavy atom. The summed E-state index contributed by atoms with van der Waals surface area (Å²) >= 11 is 12.4. The number of aromatic nitrogens is 1. The second kappa shape index (κ2) is 13.6. The minimum Gasteiger partial charge on any atom is -0.393 e. The van der Waals surface area contributed by atoms with Crippen molar-refractivity contribution >= 4 is 40.7 Å². The summed E-state index contributed by atoms with van der Waals surface area (Å²) in [5.41, 5.74) is 0.749. The van der Waals surface area contributed by atoms with Gasteiger partial charge in [-0.15, -0.1) is 0 Å². The minimum absolute atomic E-state index is 0.0732. The molecule has 0 spiro atoms. The monoisotopic (exact) mass is 598 g/mol. The van der Waals surface area contributed by atoms with Gasteiger partial charge in [-0.1, -0.05) is 35.7 Å². The van der Waals surface area contributed by atoms with Gasteiger partial charge in [-0.25, -0.2) is 9.37 Å². The van der Waals surface area contributed by atoms with Crippen LogP contribution in [0.4, 0.5) is 23.4 Å². The molecule has 214 valence electrons. The van der Waals surface area contributed by atoms with Crippen LogP contribution in [0, 0.1) is 5.82 Å². The lowest BCUT2D eigenvalue weighted by Gasteiger charge is -2.22. The maximum Gasteiger partial charge on any atom is 0.389 e. The predicted molar refractivity (Wildman–Crippen MR) is 148 cm³/mol. The molecule has 1 unspecified atom stereocenters. The molecule has 1 atom stereocenters. The number of benzene rings is 2. The summed E-state index contributed by atoms with van der Waals surface area (Å²) in [6, 6.07) is 9.79. The van der Waals surface area contributed by atoms with Crippen LogP contribution in [0.1, 0.15) is 65.3 Å². The Balaban J connectivity index is 1.97. The van der Waals surface area contributed by atoms with Crippen molar-refractivity contribution in [3.05, 3.63) is 81.2 Å². The van der Waals surface area contributed by atoms with Gasteiger partial charge >= 0.3 is 6.18 Å². The molecular formula is C29H28Cl2F4N2O3. The SMILES string of the molecule is CC(O)CCCCC(=O)c1ccc(Cl)c(-c2cnc(N(C)C(=O)c3c(F)cccc3Cl)c(CCC(F)(F)F)c2)c1. The molecule has 0 saturated carbocycles. The first-order valence-electron chi connectivity index (χ1n) is 12.6. The summed E-state index contributed by atoms with van der Waals surface area (Å²) in [5, 5.41) is 9.49. The number of halogens is 6. The zero-order valence-corrected chi connectivity index (χ0v) is 23.4. The maximum atomic E-state index is 14.4. The summed E-state index contributed by atoms with van der Waals surface area (Å²) in [7, 11) is 1.27. The summed E-state index contributed by atoms with van der Waals surface area (Å²) in [5.74, 6) is -1.99. The fourth-order valence-corrected chi connectivity index (χ4v) is 4.64. The van der Waals surface area contributed by atoms with Crippen LogP contribution in [-0.2, 0) is 6.42 Å². The van der Waals surface area contributed by atoms with Crippen molar-refractivity contribution in [3.63, 3.8) is 0 Å². The van der Waals surface area contributed by atoms with Crippen molar-refractivity contribution in [2.75, 3.05) is 11.9 Å². The standard InChI is InChI=1S/C29H28Cl2F4N2O3/c1-17(38)6-3-4-9-25(39)18-10-11-22(30)21(15-18)20-14-19(12-13-29(33,34)35)27(36-16-20)37(2)28(40)26-23(31)7-5-8-24(26)32/h5,7-8,10-11,14-17,38H,3-4,6,9,12-13H2,1-2H3. The number of unbranched alkanes of at least 4 members (excludes halogenated alkanes) is 1. The van der Waals surface area contributed by atoms with E-state index in [4.69, 9.17) is 23.2 Å². The van der Waals surface area contributed by atoms with Gasteiger partial charge in [-0.3, -0.25) is 14.5 Å². The lowest BCUT2D eigenvalue weighted by molar-refractivity contribution is -0.133. The molecule has 1 amide bonds. The number of aliphatic hydroxyl groups is 1. The number of pyridine rings is 1. The Labute approximate surface area is 239 Å². The van der Waals surface area contributed by atoms with E-state index in [9.17, 15) is 32.3 Å². The third-order valence-electron chi connectivity index (χ3n) is 6.29. The summed E-state index contributed by atoms with van der Waals surface area (Å²) in [4.78, 5) is 31.0. The fraction of sp³-hybridized carbons (Fsp3) is 0.345. The Morgan fingerprint density at radius 1 is 1.07 bits per heavy atom. The molecule has 1 aromatic heterocycles. The number of amides is 1. The van der Waals surface area contributed by atoms with E-state index < -0.39 is 42.4 Å². The van der Waals surface area contributed by atoms with Crippen molar-refractivity contribution in [1.29, 1.82) is 0 Å². The van der Waals surface area contributed by atoms with Crippen molar-refractivity contribution < 1.29 is 32.3 Å². The molecule has 3 rings (SSSR count). The Bertz CT molecular complexity index is 1360. The maximum absolute atomic E-state index is 14.4. The number of nitrogens with zero attached hydrogens (tertiary/aromatic N) is 2. The Morgan fingerprint density at radius 2 is 1.80 bits per heavy atom. The normalized spacial score (nSPS) is 12.3. The van der Waals surface area contributed by atoms with Crippen LogP contribution in [0.5, 0.6) is 0 Å². The van der Waals surface area contributed by atoms with E-state index in [1.807, 2.05) is 0 Å². The van der Waals surface area contributed by atoms with Gasteiger partial charge in [-0.05, 0) is 68.1 Å². The first kappa shape index (κ1) is 31.5. The topological polar surface area (TPSA) is 70.5 Å². The quantitative estimate of drug-likeness (QED) is 0.137. The van der Waals surface area contributed by atoms with Crippen LogP contribution in [0.15, 0.2) is 48.7 Å². The molecule has 0 aliphatic heterocycles. The average molecular weight is 599 g/mol. The smallest absolute Gasteiger partial charge is 0.389 e. The lowest BCUT2D eigenvalue weighted by Crippen LogP contribution is -2.29. The van der Waals surface area contributed by atoms with Crippen molar-refractivity contribution in [3.8, 4) is 11.1 Å². The van der Waals surface area contributed by atoms with Crippen LogP contribution >= 0.6 is 23.2 Å². The van der Waals surface area contributed by atoms with Crippen LogP contribution in [0.25, 0.3) is 11.1 Å². The Hall–Kier alpha value is -3.01. The van der Waals surface area contributed by atoms with Gasteiger partial charge in [0.1, 0.15) is 11.6 Å². The largest absolute Gasteiger partial charge is 0.393 e. The minimum atomic E-state index is -4.48. The molecule has 0 fully saturated rings. The number of ketones is 1. The van der Waals surface area contributed by atoms with Crippen molar-refractivity contribution in [2.24, 2.45) is 0 Å². The number of aliphatic hydroxyl groups excluding tert-OH is 1. The summed E-state index contributed by atoms with van der Waals surface area (Å²) in [6.45, 7) is 1.68. The fourth-order valence-electron chi connectivity index (χ4n) is 4.17. The second-order valence-electron chi connectivity index (χ2n) is 9.50. The highest BCUT2D eigenvalue weighted by Gasteiger charge is 2.29. The van der Waals surface area contributed by atoms with E-state index in [1.165, 1.54) is 37.5 Å². The predicted octanol–water partition coefficient (Wildman–Crippen LogP) is 8.09. The van der Waals surface area contributed by atoms with Gasteiger partial charge in [-0.2, -0.15) is 13.2 Å². The van der Waals surface area contributed by atoms with Gasteiger partial charge < -0.3 is 5.11 Å². The highest BCUT2D eigenvalue weighted by molar-refractivity contribution is 6.34. The first-order valence-corrected chi connectivity index (χ1v) is 13.3. The molecule has 40 heavy (non-hydrogen) atoms. The van der Waals surface area contributed by atoms with E-state index in [0.29, 0.717) is 36.0 Å². The number of alkyl halides is 3. The molecule has 0 saturated heterocycles. The van der Waals surface area contributed by atoms with E-state index in [0.717, 1.165) is 11.0 Å². The van der Waals surface area contributed by atoms with E-state index in [2.05, 4.69) is 4.98 Å². The number of rotatable bonds is 11. The molecule has 2 aromatic carbocycles. The second-order valence-corrected chi connectivity index (χ2v) is 10.3. The van der Waals surface area contributed by atoms with Crippen LogP contribution in [0.2, 0.25) is 10.0 Å². The molecule has 1 heterocycles. The van der Waals surface area contributed by atoms with E-state index in [-0.39, 0.29) is 33.6 Å². The summed E-state index contributed by atoms with van der Waals surface area (Å²) in [6.07, 6.45) is -3.19. The number of hydrogen-bond donors (Lipinski definition) is 1. The number of Topliss-reactive ketones (excluding diaryl/α,β-unsaturated/α-hetero) is 1. The lowest BCUT2D eigenvalue weighted by atomic mass is 9.97. The van der Waals surface area contributed by atoms with Crippen LogP contribution < -0.4 is 4.90 Å². The van der Waals surface area contributed by atoms with Crippen LogP contribution in [0.3, 0.4) is 0 Å². The Kier molecular flexibility index (Phi) is 10.7. The number of anilines is 1. The van der Waals surface area contributed by atoms with E-state index in [1.54, 1.807) is 19.1 Å². The molecule has 1 N–H and O–H groups in total. The number of carbonyl (C=O) groups excluding carboxylic acids is 2. The van der Waals surface area contributed by atoms with Gasteiger partial charge in [0, 0.05) is 47.8 Å². The third-order valence-corrected chi connectivity index (χ3v) is 6.94.